The first kappa shape index (κ1) is 13.2. The van der Waals surface area contributed by atoms with Gasteiger partial charge in [-0.05, 0) is 26.0 Å². The molecule has 0 aliphatic rings. The normalized spacial score (nSPS) is 10.6. The van der Waals surface area contributed by atoms with Gasteiger partial charge in [0, 0.05) is 18.6 Å². The molecule has 2 aromatic heterocycles. The lowest BCUT2D eigenvalue weighted by Gasteiger charge is -2.02. The van der Waals surface area contributed by atoms with E-state index in [1.54, 1.807) is 23.3 Å². The van der Waals surface area contributed by atoms with E-state index in [-0.39, 0.29) is 0 Å². The Balaban J connectivity index is 2.13. The van der Waals surface area contributed by atoms with Crippen molar-refractivity contribution in [2.75, 3.05) is 0 Å². The summed E-state index contributed by atoms with van der Waals surface area (Å²) in [6.07, 6.45) is 5.72. The van der Waals surface area contributed by atoms with Crippen molar-refractivity contribution in [2.24, 2.45) is 0 Å². The highest BCUT2D eigenvalue weighted by Gasteiger charge is 2.15. The number of carbonyl (C=O) groups excluding carboxylic acids is 1. The number of nitrogens with zero attached hydrogens (tertiary/aromatic N) is 4. The van der Waals surface area contributed by atoms with Gasteiger partial charge >= 0.3 is 0 Å². The quantitative estimate of drug-likeness (QED) is 0.691. The monoisotopic (exact) mass is 278 g/mol. The van der Waals surface area contributed by atoms with E-state index < -0.39 is 0 Å². The van der Waals surface area contributed by atoms with Gasteiger partial charge in [0.1, 0.15) is 11.4 Å². The molecule has 104 valence electrons. The van der Waals surface area contributed by atoms with Gasteiger partial charge in [-0.3, -0.25) is 14.8 Å². The Morgan fingerprint density at radius 1 is 1.00 bits per heavy atom. The first-order valence-corrected chi connectivity index (χ1v) is 6.59. The standard InChI is InChI=1S/C16H14N4O/c1-11-3-5-14(6-4-11)20-9-13(10-21)16(19-20)15-12(2)17-7-8-18-15/h3-10H,1-2H3. The minimum absolute atomic E-state index is 0.499. The SMILES string of the molecule is Cc1ccc(-n2cc(C=O)c(-c3nccnc3C)n2)cc1. The van der Waals surface area contributed by atoms with Gasteiger partial charge < -0.3 is 0 Å². The molecule has 21 heavy (non-hydrogen) atoms. The third-order valence-electron chi connectivity index (χ3n) is 3.27. The molecule has 3 rings (SSSR count). The first-order valence-electron chi connectivity index (χ1n) is 6.59. The second-order valence-electron chi connectivity index (χ2n) is 4.82. The summed E-state index contributed by atoms with van der Waals surface area (Å²) in [6, 6.07) is 7.93. The Morgan fingerprint density at radius 3 is 2.38 bits per heavy atom. The topological polar surface area (TPSA) is 60.7 Å². The molecule has 0 unspecified atom stereocenters. The van der Waals surface area contributed by atoms with Crippen LogP contribution < -0.4 is 0 Å². The minimum Gasteiger partial charge on any atom is -0.298 e. The van der Waals surface area contributed by atoms with E-state index in [2.05, 4.69) is 15.1 Å². The van der Waals surface area contributed by atoms with Crippen LogP contribution in [0.25, 0.3) is 17.1 Å². The summed E-state index contributed by atoms with van der Waals surface area (Å²) in [5, 5.41) is 4.49. The van der Waals surface area contributed by atoms with E-state index in [4.69, 9.17) is 0 Å². The van der Waals surface area contributed by atoms with Crippen molar-refractivity contribution in [3.63, 3.8) is 0 Å². The molecule has 0 spiro atoms. The predicted molar refractivity (Wildman–Crippen MR) is 79.5 cm³/mol. The van der Waals surface area contributed by atoms with E-state index in [0.29, 0.717) is 17.0 Å². The summed E-state index contributed by atoms with van der Waals surface area (Å²) in [5.41, 5.74) is 4.50. The van der Waals surface area contributed by atoms with Gasteiger partial charge in [0.25, 0.3) is 0 Å². The van der Waals surface area contributed by atoms with Crippen molar-refractivity contribution in [3.05, 3.63) is 59.7 Å². The lowest BCUT2D eigenvalue weighted by molar-refractivity contribution is 0.112. The molecular formula is C16H14N4O. The summed E-state index contributed by atoms with van der Waals surface area (Å²) in [4.78, 5) is 19.8. The number of aldehydes is 1. The molecule has 5 heteroatoms. The van der Waals surface area contributed by atoms with Gasteiger partial charge in [0.05, 0.1) is 16.9 Å². The maximum absolute atomic E-state index is 11.3. The van der Waals surface area contributed by atoms with Crippen molar-refractivity contribution in [2.45, 2.75) is 13.8 Å². The Kier molecular flexibility index (Phi) is 3.31. The molecular weight excluding hydrogens is 264 g/mol. The van der Waals surface area contributed by atoms with E-state index >= 15 is 0 Å². The molecule has 0 atom stereocenters. The number of hydrogen-bond donors (Lipinski definition) is 0. The van der Waals surface area contributed by atoms with Crippen LogP contribution >= 0.6 is 0 Å². The molecule has 0 saturated carbocycles. The fraction of sp³-hybridized carbons (Fsp3) is 0.125. The van der Waals surface area contributed by atoms with Gasteiger partial charge in [0.15, 0.2) is 6.29 Å². The van der Waals surface area contributed by atoms with Crippen molar-refractivity contribution in [3.8, 4) is 17.1 Å². The van der Waals surface area contributed by atoms with Crippen LogP contribution in [0.2, 0.25) is 0 Å². The summed E-state index contributed by atoms with van der Waals surface area (Å²) in [7, 11) is 0. The molecule has 3 aromatic rings. The number of hydrogen-bond acceptors (Lipinski definition) is 4. The summed E-state index contributed by atoms with van der Waals surface area (Å²) < 4.78 is 1.69. The van der Waals surface area contributed by atoms with Crippen LogP contribution in [0.5, 0.6) is 0 Å². The summed E-state index contributed by atoms with van der Waals surface area (Å²) in [6.45, 7) is 3.87. The van der Waals surface area contributed by atoms with Gasteiger partial charge in [-0.25, -0.2) is 4.68 Å². The Hall–Kier alpha value is -2.82. The number of benzene rings is 1. The number of aromatic nitrogens is 4. The second kappa shape index (κ2) is 5.28. The molecule has 0 N–H and O–H groups in total. The Labute approximate surface area is 122 Å². The lowest BCUT2D eigenvalue weighted by atomic mass is 10.2. The van der Waals surface area contributed by atoms with Crippen LogP contribution in [0.15, 0.2) is 42.9 Å². The average molecular weight is 278 g/mol. The van der Waals surface area contributed by atoms with E-state index in [9.17, 15) is 4.79 Å². The maximum Gasteiger partial charge on any atom is 0.153 e. The van der Waals surface area contributed by atoms with Crippen LogP contribution in [0.1, 0.15) is 21.6 Å². The van der Waals surface area contributed by atoms with Crippen LogP contribution in [-0.2, 0) is 0 Å². The summed E-state index contributed by atoms with van der Waals surface area (Å²) in [5.74, 6) is 0. The van der Waals surface area contributed by atoms with Crippen LogP contribution in [0.4, 0.5) is 0 Å². The zero-order valence-electron chi connectivity index (χ0n) is 11.8. The zero-order chi connectivity index (χ0) is 14.8. The number of rotatable bonds is 3. The largest absolute Gasteiger partial charge is 0.298 e. The molecule has 0 aliphatic heterocycles. The van der Waals surface area contributed by atoms with Gasteiger partial charge in [-0.2, -0.15) is 5.10 Å². The molecule has 2 heterocycles. The van der Waals surface area contributed by atoms with Crippen molar-refractivity contribution in [1.82, 2.24) is 19.7 Å². The van der Waals surface area contributed by atoms with Gasteiger partial charge in [0.2, 0.25) is 0 Å². The van der Waals surface area contributed by atoms with Crippen LogP contribution in [0, 0.1) is 13.8 Å². The average Bonchev–Trinajstić information content (AvgIpc) is 2.92. The highest BCUT2D eigenvalue weighted by Crippen LogP contribution is 2.22. The van der Waals surface area contributed by atoms with Gasteiger partial charge in [-0.15, -0.1) is 0 Å². The maximum atomic E-state index is 11.3. The highest BCUT2D eigenvalue weighted by atomic mass is 16.1. The van der Waals surface area contributed by atoms with Crippen molar-refractivity contribution >= 4 is 6.29 Å². The molecule has 1 aromatic carbocycles. The Morgan fingerprint density at radius 2 is 1.71 bits per heavy atom. The van der Waals surface area contributed by atoms with E-state index in [1.807, 2.05) is 38.1 Å². The number of carbonyl (C=O) groups is 1. The molecule has 0 fully saturated rings. The lowest BCUT2D eigenvalue weighted by Crippen LogP contribution is -1.97. The predicted octanol–water partition coefficient (Wildman–Crippen LogP) is 2.76. The number of aryl methyl sites for hydroxylation is 2. The van der Waals surface area contributed by atoms with Crippen molar-refractivity contribution in [1.29, 1.82) is 0 Å². The van der Waals surface area contributed by atoms with Crippen LogP contribution in [-0.4, -0.2) is 26.0 Å². The van der Waals surface area contributed by atoms with E-state index in [0.717, 1.165) is 17.7 Å². The van der Waals surface area contributed by atoms with Crippen molar-refractivity contribution < 1.29 is 4.79 Å². The molecule has 0 amide bonds. The van der Waals surface area contributed by atoms with Crippen LogP contribution in [0.3, 0.4) is 0 Å². The molecule has 5 nitrogen and oxygen atoms in total. The Bertz CT molecular complexity index is 790. The van der Waals surface area contributed by atoms with Gasteiger partial charge in [-0.1, -0.05) is 17.7 Å². The zero-order valence-corrected chi connectivity index (χ0v) is 11.8. The fourth-order valence-corrected chi connectivity index (χ4v) is 2.13. The molecule has 0 aliphatic carbocycles. The smallest absolute Gasteiger partial charge is 0.153 e. The first-order chi connectivity index (χ1) is 10.2. The highest BCUT2D eigenvalue weighted by molar-refractivity contribution is 5.85. The van der Waals surface area contributed by atoms with E-state index in [1.165, 1.54) is 5.56 Å². The second-order valence-corrected chi connectivity index (χ2v) is 4.82. The fourth-order valence-electron chi connectivity index (χ4n) is 2.13. The molecule has 0 radical (unpaired) electrons. The molecule has 0 bridgehead atoms. The third-order valence-corrected chi connectivity index (χ3v) is 3.27. The molecule has 0 saturated heterocycles. The summed E-state index contributed by atoms with van der Waals surface area (Å²) >= 11 is 0. The third kappa shape index (κ3) is 2.45. The minimum atomic E-state index is 0.499.